The zero-order valence-electron chi connectivity index (χ0n) is 16.7. The molecule has 1 aromatic heterocycles. The molecule has 0 saturated heterocycles. The number of benzene rings is 2. The first-order valence-electron chi connectivity index (χ1n) is 8.97. The number of carbonyl (C=O) groups is 1. The lowest BCUT2D eigenvalue weighted by molar-refractivity contribution is 0.0988. The highest BCUT2D eigenvalue weighted by molar-refractivity contribution is 8.00. The molecule has 0 saturated carbocycles. The van der Waals surface area contributed by atoms with Gasteiger partial charge in [0.1, 0.15) is 22.9 Å². The molecule has 0 aliphatic rings. The van der Waals surface area contributed by atoms with Crippen molar-refractivity contribution < 1.29 is 19.0 Å². The molecule has 8 nitrogen and oxygen atoms in total. The van der Waals surface area contributed by atoms with Gasteiger partial charge in [0, 0.05) is 11.6 Å². The summed E-state index contributed by atoms with van der Waals surface area (Å²) >= 11 is 1.31. The minimum absolute atomic E-state index is 0.00677. The molecule has 1 heterocycles. The molecule has 2 aromatic carbocycles. The largest absolute Gasteiger partial charge is 0.497 e. The maximum Gasteiger partial charge on any atom is 0.214 e. The predicted molar refractivity (Wildman–Crippen MR) is 110 cm³/mol. The molecule has 3 aromatic rings. The van der Waals surface area contributed by atoms with E-state index < -0.39 is 0 Å². The van der Waals surface area contributed by atoms with E-state index in [-0.39, 0.29) is 11.0 Å². The second-order valence-corrected chi connectivity index (χ2v) is 7.19. The number of thioether (sulfide) groups is 1. The molecule has 0 spiro atoms. The van der Waals surface area contributed by atoms with Crippen LogP contribution in [0.1, 0.15) is 23.7 Å². The Labute approximate surface area is 173 Å². The van der Waals surface area contributed by atoms with Crippen molar-refractivity contribution in [2.45, 2.75) is 23.8 Å². The second-order valence-electron chi connectivity index (χ2n) is 6.02. The fourth-order valence-electron chi connectivity index (χ4n) is 2.76. The van der Waals surface area contributed by atoms with Crippen LogP contribution in [0.15, 0.2) is 47.6 Å². The lowest BCUT2D eigenvalue weighted by Gasteiger charge is -2.15. The van der Waals surface area contributed by atoms with Crippen LogP contribution < -0.4 is 14.2 Å². The van der Waals surface area contributed by atoms with Gasteiger partial charge < -0.3 is 14.2 Å². The molecule has 1 atom stereocenters. The van der Waals surface area contributed by atoms with Crippen molar-refractivity contribution in [3.05, 3.63) is 48.0 Å². The number of carbonyl (C=O) groups excluding carboxylic acids is 1. The van der Waals surface area contributed by atoms with E-state index in [1.165, 1.54) is 11.8 Å². The lowest BCUT2D eigenvalue weighted by Crippen LogP contribution is -2.17. The summed E-state index contributed by atoms with van der Waals surface area (Å²) in [5.41, 5.74) is 1.24. The molecular formula is C20H22N4O4S. The number of ether oxygens (including phenoxy) is 3. The van der Waals surface area contributed by atoms with E-state index in [1.807, 2.05) is 6.92 Å². The third-order valence-electron chi connectivity index (χ3n) is 4.34. The summed E-state index contributed by atoms with van der Waals surface area (Å²) in [5, 5.41) is 12.1. The standard InChI is InChI=1S/C20H22N4O4S/c1-5-18(19(25)13-6-8-14(26-2)9-7-13)29-20-21-22-23-24(20)16-12-15(27-3)10-11-17(16)28-4/h6-12,18H,5H2,1-4H3. The van der Waals surface area contributed by atoms with Gasteiger partial charge in [-0.1, -0.05) is 18.7 Å². The molecule has 0 fully saturated rings. The van der Waals surface area contributed by atoms with Gasteiger partial charge in [-0.15, -0.1) is 5.10 Å². The fraction of sp³-hybridized carbons (Fsp3) is 0.300. The molecule has 29 heavy (non-hydrogen) atoms. The van der Waals surface area contributed by atoms with Crippen molar-refractivity contribution in [2.24, 2.45) is 0 Å². The monoisotopic (exact) mass is 414 g/mol. The van der Waals surface area contributed by atoms with Crippen molar-refractivity contribution in [1.29, 1.82) is 0 Å². The zero-order chi connectivity index (χ0) is 20.8. The molecule has 152 valence electrons. The minimum Gasteiger partial charge on any atom is -0.497 e. The maximum atomic E-state index is 13.0. The first kappa shape index (κ1) is 20.7. The highest BCUT2D eigenvalue weighted by Crippen LogP contribution is 2.32. The SMILES string of the molecule is CCC(Sc1nnnn1-c1cc(OC)ccc1OC)C(=O)c1ccc(OC)cc1. The van der Waals surface area contributed by atoms with Crippen LogP contribution in [0.5, 0.6) is 17.2 Å². The van der Waals surface area contributed by atoms with Gasteiger partial charge in [-0.05, 0) is 53.2 Å². The van der Waals surface area contributed by atoms with Gasteiger partial charge in [0.15, 0.2) is 5.78 Å². The third kappa shape index (κ3) is 4.51. The van der Waals surface area contributed by atoms with E-state index in [4.69, 9.17) is 14.2 Å². The normalized spacial score (nSPS) is 11.7. The van der Waals surface area contributed by atoms with E-state index in [2.05, 4.69) is 15.5 Å². The predicted octanol–water partition coefficient (Wildman–Crippen LogP) is 3.44. The second kappa shape index (κ2) is 9.42. The number of methoxy groups -OCH3 is 3. The molecule has 0 amide bonds. The lowest BCUT2D eigenvalue weighted by atomic mass is 10.1. The molecule has 9 heteroatoms. The Kier molecular flexibility index (Phi) is 6.71. The van der Waals surface area contributed by atoms with E-state index in [1.54, 1.807) is 68.5 Å². The quantitative estimate of drug-likeness (QED) is 0.389. The van der Waals surface area contributed by atoms with Crippen molar-refractivity contribution >= 4 is 17.5 Å². The van der Waals surface area contributed by atoms with Crippen LogP contribution in [0.2, 0.25) is 0 Å². The van der Waals surface area contributed by atoms with Crippen LogP contribution in [0.4, 0.5) is 0 Å². The van der Waals surface area contributed by atoms with Crippen LogP contribution in [0.3, 0.4) is 0 Å². The van der Waals surface area contributed by atoms with Gasteiger partial charge >= 0.3 is 0 Å². The number of nitrogens with zero attached hydrogens (tertiary/aromatic N) is 4. The fourth-order valence-corrected chi connectivity index (χ4v) is 3.74. The molecule has 1 unspecified atom stereocenters. The summed E-state index contributed by atoms with van der Waals surface area (Å²) < 4.78 is 17.4. The first-order chi connectivity index (χ1) is 14.1. The number of tetrazole rings is 1. The van der Waals surface area contributed by atoms with E-state index in [9.17, 15) is 4.79 Å². The molecule has 3 rings (SSSR count). The van der Waals surface area contributed by atoms with Crippen LogP contribution in [-0.4, -0.2) is 52.6 Å². The summed E-state index contributed by atoms with van der Waals surface area (Å²) in [6, 6.07) is 12.4. The molecule has 0 aliphatic heterocycles. The van der Waals surface area contributed by atoms with Crippen molar-refractivity contribution in [1.82, 2.24) is 20.2 Å². The van der Waals surface area contributed by atoms with E-state index in [0.717, 1.165) is 0 Å². The first-order valence-corrected chi connectivity index (χ1v) is 9.84. The Bertz CT molecular complexity index is 975. The van der Waals surface area contributed by atoms with Gasteiger partial charge in [0.2, 0.25) is 5.16 Å². The van der Waals surface area contributed by atoms with Crippen molar-refractivity contribution in [3.63, 3.8) is 0 Å². The molecule has 0 N–H and O–H groups in total. The average molecular weight is 414 g/mol. The van der Waals surface area contributed by atoms with Crippen molar-refractivity contribution in [3.8, 4) is 22.9 Å². The Morgan fingerprint density at radius 2 is 1.72 bits per heavy atom. The van der Waals surface area contributed by atoms with Gasteiger partial charge in [-0.3, -0.25) is 4.79 Å². The van der Waals surface area contributed by atoms with Gasteiger partial charge in [-0.25, -0.2) is 0 Å². The average Bonchev–Trinajstić information content (AvgIpc) is 3.24. The number of Topliss-reactive ketones (excluding diaryl/α,β-unsaturated/α-hetero) is 1. The Morgan fingerprint density at radius 3 is 2.34 bits per heavy atom. The molecule has 0 radical (unpaired) electrons. The summed E-state index contributed by atoms with van der Waals surface area (Å²) in [6.07, 6.45) is 0.623. The highest BCUT2D eigenvalue weighted by Gasteiger charge is 2.24. The number of rotatable bonds is 9. The summed E-state index contributed by atoms with van der Waals surface area (Å²) in [5.74, 6) is 1.95. The van der Waals surface area contributed by atoms with E-state index in [0.29, 0.717) is 40.1 Å². The number of hydrogen-bond acceptors (Lipinski definition) is 8. The Balaban J connectivity index is 1.89. The summed E-state index contributed by atoms with van der Waals surface area (Å²) in [7, 11) is 4.75. The summed E-state index contributed by atoms with van der Waals surface area (Å²) in [6.45, 7) is 1.96. The van der Waals surface area contributed by atoms with Crippen LogP contribution in [0.25, 0.3) is 5.69 Å². The number of ketones is 1. The third-order valence-corrected chi connectivity index (χ3v) is 5.64. The van der Waals surface area contributed by atoms with Gasteiger partial charge in [0.05, 0.1) is 26.6 Å². The van der Waals surface area contributed by atoms with Crippen LogP contribution in [0, 0.1) is 0 Å². The smallest absolute Gasteiger partial charge is 0.214 e. The summed E-state index contributed by atoms with van der Waals surface area (Å²) in [4.78, 5) is 13.0. The Hall–Kier alpha value is -3.07. The van der Waals surface area contributed by atoms with E-state index >= 15 is 0 Å². The van der Waals surface area contributed by atoms with Gasteiger partial charge in [-0.2, -0.15) is 4.68 Å². The molecule has 0 aliphatic carbocycles. The minimum atomic E-state index is -0.343. The molecule has 0 bridgehead atoms. The molecular weight excluding hydrogens is 392 g/mol. The number of aromatic nitrogens is 4. The van der Waals surface area contributed by atoms with Crippen LogP contribution >= 0.6 is 11.8 Å². The number of hydrogen-bond donors (Lipinski definition) is 0. The zero-order valence-corrected chi connectivity index (χ0v) is 17.5. The van der Waals surface area contributed by atoms with Crippen LogP contribution in [-0.2, 0) is 0 Å². The maximum absolute atomic E-state index is 13.0. The topological polar surface area (TPSA) is 88.4 Å². The van der Waals surface area contributed by atoms with Gasteiger partial charge in [0.25, 0.3) is 0 Å². The Morgan fingerprint density at radius 1 is 1.03 bits per heavy atom. The highest BCUT2D eigenvalue weighted by atomic mass is 32.2. The van der Waals surface area contributed by atoms with Crippen molar-refractivity contribution in [2.75, 3.05) is 21.3 Å².